The fourth-order valence-corrected chi connectivity index (χ4v) is 2.04. The van der Waals surface area contributed by atoms with Crippen LogP contribution in [0.5, 0.6) is 0 Å². The Bertz CT molecular complexity index is 187. The highest BCUT2D eigenvalue weighted by Gasteiger charge is 2.11. The van der Waals surface area contributed by atoms with E-state index in [1.54, 1.807) is 0 Å². The van der Waals surface area contributed by atoms with Gasteiger partial charge < -0.3 is 11.1 Å². The third-order valence-electron chi connectivity index (χ3n) is 3.00. The Morgan fingerprint density at radius 1 is 1.25 bits per heavy atom. The van der Waals surface area contributed by atoms with Crippen molar-refractivity contribution in [3.63, 3.8) is 0 Å². The molecule has 0 atom stereocenters. The summed E-state index contributed by atoms with van der Waals surface area (Å²) in [5.74, 6) is 0.648. The summed E-state index contributed by atoms with van der Waals surface area (Å²) in [5, 5.41) is 3.35. The zero-order valence-electron chi connectivity index (χ0n) is 10.4. The molecule has 3 N–H and O–H groups in total. The lowest BCUT2D eigenvalue weighted by molar-refractivity contribution is 0.530. The number of halogens is 1. The number of unbranched alkanes of at least 4 members (excludes halogenated alkanes) is 1. The van der Waals surface area contributed by atoms with Crippen molar-refractivity contribution >= 4 is 29.9 Å². The number of rotatable bonds is 4. The van der Waals surface area contributed by atoms with Gasteiger partial charge in [-0.25, -0.2) is 0 Å². The number of hydrogen-bond donors (Lipinski definition) is 2. The summed E-state index contributed by atoms with van der Waals surface area (Å²) in [6.07, 6.45) is 10.2. The predicted octanol–water partition coefficient (Wildman–Crippen LogP) is 3.03. The zero-order chi connectivity index (χ0) is 10.9. The lowest BCUT2D eigenvalue weighted by Gasteiger charge is -2.16. The van der Waals surface area contributed by atoms with Crippen LogP contribution >= 0.6 is 24.0 Å². The molecule has 0 aromatic heterocycles. The van der Waals surface area contributed by atoms with Gasteiger partial charge in [0.25, 0.3) is 0 Å². The summed E-state index contributed by atoms with van der Waals surface area (Å²) in [5.41, 5.74) is 5.84. The fourth-order valence-electron chi connectivity index (χ4n) is 2.04. The molecule has 1 fully saturated rings. The first-order valence-electron chi connectivity index (χ1n) is 6.39. The minimum Gasteiger partial charge on any atom is -0.370 e. The molecule has 0 saturated heterocycles. The maximum Gasteiger partial charge on any atom is 0.188 e. The lowest BCUT2D eigenvalue weighted by atomic mass is 10.1. The number of guanidine groups is 1. The molecule has 0 aromatic carbocycles. The molecule has 0 unspecified atom stereocenters. The second-order valence-electron chi connectivity index (χ2n) is 4.45. The summed E-state index contributed by atoms with van der Waals surface area (Å²) < 4.78 is 0. The average molecular weight is 339 g/mol. The van der Waals surface area contributed by atoms with Crippen molar-refractivity contribution in [2.75, 3.05) is 6.54 Å². The van der Waals surface area contributed by atoms with Crippen LogP contribution in [0.4, 0.5) is 0 Å². The highest BCUT2D eigenvalue weighted by Crippen LogP contribution is 2.16. The number of nitrogens with one attached hydrogen (secondary N) is 1. The topological polar surface area (TPSA) is 50.4 Å². The van der Waals surface area contributed by atoms with Gasteiger partial charge in [0.2, 0.25) is 0 Å². The van der Waals surface area contributed by atoms with Crippen LogP contribution in [0.3, 0.4) is 0 Å². The van der Waals surface area contributed by atoms with Gasteiger partial charge in [-0.3, -0.25) is 4.99 Å². The minimum absolute atomic E-state index is 0. The molecule has 1 aliphatic carbocycles. The van der Waals surface area contributed by atoms with E-state index in [9.17, 15) is 0 Å². The highest BCUT2D eigenvalue weighted by molar-refractivity contribution is 14.0. The standard InChI is InChI=1S/C12H25N3.HI/c1-2-3-10-14-12(13)15-11-8-6-4-5-7-9-11;/h11H,2-10H2,1H3,(H3,13,14,15);1H. The molecular weight excluding hydrogens is 313 g/mol. The normalized spacial score (nSPS) is 18.7. The molecule has 0 radical (unpaired) electrons. The van der Waals surface area contributed by atoms with Gasteiger partial charge in [0, 0.05) is 12.6 Å². The van der Waals surface area contributed by atoms with Gasteiger partial charge in [-0.2, -0.15) is 0 Å². The Kier molecular flexibility index (Phi) is 10.2. The highest BCUT2D eigenvalue weighted by atomic mass is 127. The molecule has 1 saturated carbocycles. The predicted molar refractivity (Wildman–Crippen MR) is 81.4 cm³/mol. The van der Waals surface area contributed by atoms with E-state index in [0.717, 1.165) is 13.0 Å². The maximum atomic E-state index is 5.84. The molecule has 0 bridgehead atoms. The first kappa shape index (κ1) is 16.0. The number of nitrogens with zero attached hydrogens (tertiary/aromatic N) is 1. The maximum absolute atomic E-state index is 5.84. The second-order valence-corrected chi connectivity index (χ2v) is 4.45. The molecule has 0 aliphatic heterocycles. The van der Waals surface area contributed by atoms with Gasteiger partial charge in [0.15, 0.2) is 5.96 Å². The Morgan fingerprint density at radius 2 is 1.88 bits per heavy atom. The van der Waals surface area contributed by atoms with Crippen LogP contribution < -0.4 is 11.1 Å². The quantitative estimate of drug-likeness (QED) is 0.272. The largest absolute Gasteiger partial charge is 0.370 e. The molecule has 3 nitrogen and oxygen atoms in total. The molecule has 1 aliphatic rings. The van der Waals surface area contributed by atoms with Gasteiger partial charge in [-0.1, -0.05) is 39.0 Å². The Labute approximate surface area is 117 Å². The van der Waals surface area contributed by atoms with Crippen LogP contribution in [-0.4, -0.2) is 18.5 Å². The Morgan fingerprint density at radius 3 is 2.44 bits per heavy atom. The average Bonchev–Trinajstić information content (AvgIpc) is 2.47. The summed E-state index contributed by atoms with van der Waals surface area (Å²) in [4.78, 5) is 4.32. The first-order chi connectivity index (χ1) is 7.33. The molecule has 0 heterocycles. The van der Waals surface area contributed by atoms with E-state index < -0.39 is 0 Å². The van der Waals surface area contributed by atoms with Crippen LogP contribution in [0, 0.1) is 0 Å². The fraction of sp³-hybridized carbons (Fsp3) is 0.917. The summed E-state index contributed by atoms with van der Waals surface area (Å²) in [7, 11) is 0. The number of hydrogen-bond acceptors (Lipinski definition) is 1. The van der Waals surface area contributed by atoms with E-state index in [-0.39, 0.29) is 24.0 Å². The van der Waals surface area contributed by atoms with Crippen molar-refractivity contribution < 1.29 is 0 Å². The Balaban J connectivity index is 0.00000225. The zero-order valence-corrected chi connectivity index (χ0v) is 12.7. The van der Waals surface area contributed by atoms with Gasteiger partial charge in [-0.15, -0.1) is 24.0 Å². The Hall–Kier alpha value is 0. The van der Waals surface area contributed by atoms with Gasteiger partial charge >= 0.3 is 0 Å². The van der Waals surface area contributed by atoms with Crippen molar-refractivity contribution in [1.29, 1.82) is 0 Å². The van der Waals surface area contributed by atoms with Crippen LogP contribution in [-0.2, 0) is 0 Å². The van der Waals surface area contributed by atoms with E-state index in [1.165, 1.54) is 44.9 Å². The second kappa shape index (κ2) is 10.2. The number of nitrogens with two attached hydrogens (primary N) is 1. The van der Waals surface area contributed by atoms with Crippen LogP contribution in [0.1, 0.15) is 58.3 Å². The van der Waals surface area contributed by atoms with Crippen molar-refractivity contribution in [3.8, 4) is 0 Å². The summed E-state index contributed by atoms with van der Waals surface area (Å²) in [6, 6.07) is 0.567. The van der Waals surface area contributed by atoms with Crippen molar-refractivity contribution in [2.24, 2.45) is 10.7 Å². The molecule has 16 heavy (non-hydrogen) atoms. The molecule has 96 valence electrons. The van der Waals surface area contributed by atoms with Gasteiger partial charge in [0.1, 0.15) is 0 Å². The van der Waals surface area contributed by atoms with Gasteiger partial charge in [-0.05, 0) is 19.3 Å². The molecule has 0 aromatic rings. The molecule has 4 heteroatoms. The van der Waals surface area contributed by atoms with Gasteiger partial charge in [0.05, 0.1) is 0 Å². The molecule has 0 amide bonds. The van der Waals surface area contributed by atoms with E-state index in [4.69, 9.17) is 5.73 Å². The van der Waals surface area contributed by atoms with E-state index in [1.807, 2.05) is 0 Å². The SMILES string of the molecule is CCCCN=C(N)NC1CCCCCC1.I. The smallest absolute Gasteiger partial charge is 0.188 e. The third-order valence-corrected chi connectivity index (χ3v) is 3.00. The third kappa shape index (κ3) is 7.30. The summed E-state index contributed by atoms with van der Waals surface area (Å²) in [6.45, 7) is 3.03. The van der Waals surface area contributed by atoms with Crippen molar-refractivity contribution in [1.82, 2.24) is 5.32 Å². The van der Waals surface area contributed by atoms with E-state index >= 15 is 0 Å². The van der Waals surface area contributed by atoms with Crippen LogP contribution in [0.15, 0.2) is 4.99 Å². The first-order valence-corrected chi connectivity index (χ1v) is 6.39. The van der Waals surface area contributed by atoms with Crippen LogP contribution in [0.2, 0.25) is 0 Å². The van der Waals surface area contributed by atoms with E-state index in [0.29, 0.717) is 12.0 Å². The molecular formula is C12H26IN3. The minimum atomic E-state index is 0. The summed E-state index contributed by atoms with van der Waals surface area (Å²) >= 11 is 0. The van der Waals surface area contributed by atoms with Crippen molar-refractivity contribution in [2.45, 2.75) is 64.3 Å². The molecule has 0 spiro atoms. The monoisotopic (exact) mass is 339 g/mol. The van der Waals surface area contributed by atoms with Crippen LogP contribution in [0.25, 0.3) is 0 Å². The van der Waals surface area contributed by atoms with E-state index in [2.05, 4.69) is 17.2 Å². The number of aliphatic imine (C=N–C) groups is 1. The molecule has 1 rings (SSSR count). The lowest BCUT2D eigenvalue weighted by Crippen LogP contribution is -2.39. The van der Waals surface area contributed by atoms with Crippen molar-refractivity contribution in [3.05, 3.63) is 0 Å².